The van der Waals surface area contributed by atoms with Crippen LogP contribution in [0.15, 0.2) is 29.2 Å². The Labute approximate surface area is 134 Å². The molecule has 2 aromatic heterocycles. The molecule has 0 saturated carbocycles. The molecule has 5 nitrogen and oxygen atoms in total. The van der Waals surface area contributed by atoms with Crippen molar-refractivity contribution in [1.82, 2.24) is 19.6 Å². The van der Waals surface area contributed by atoms with Gasteiger partial charge in [-0.05, 0) is 57.6 Å². The summed E-state index contributed by atoms with van der Waals surface area (Å²) in [6, 6.07) is 5.16. The largest absolute Gasteiger partial charge is 0.319 e. The van der Waals surface area contributed by atoms with Gasteiger partial charge in [-0.25, -0.2) is 4.98 Å². The van der Waals surface area contributed by atoms with Crippen molar-refractivity contribution in [2.45, 2.75) is 19.4 Å². The highest BCUT2D eigenvalue weighted by Gasteiger charge is 2.19. The molecule has 22 heavy (non-hydrogen) atoms. The predicted octanol–water partition coefficient (Wildman–Crippen LogP) is 1.78. The molecule has 1 fully saturated rings. The smallest absolute Gasteiger partial charge is 0.258 e. The molecule has 0 aromatic carbocycles. The summed E-state index contributed by atoms with van der Waals surface area (Å²) in [5, 5.41) is 3.79. The highest BCUT2D eigenvalue weighted by atomic mass is 35.5. The van der Waals surface area contributed by atoms with E-state index < -0.39 is 0 Å². The van der Waals surface area contributed by atoms with Gasteiger partial charge in [-0.2, -0.15) is 0 Å². The average Bonchev–Trinajstić information content (AvgIpc) is 2.50. The summed E-state index contributed by atoms with van der Waals surface area (Å²) in [5.41, 5.74) is 1.41. The molecule has 1 aliphatic heterocycles. The summed E-state index contributed by atoms with van der Waals surface area (Å²) in [7, 11) is 2.01. The normalized spacial score (nSPS) is 17.2. The van der Waals surface area contributed by atoms with Gasteiger partial charge in [-0.15, -0.1) is 0 Å². The molecule has 0 spiro atoms. The molecule has 0 atom stereocenters. The first-order chi connectivity index (χ1) is 10.7. The Morgan fingerprint density at radius 3 is 2.86 bits per heavy atom. The molecule has 3 heterocycles. The maximum atomic E-state index is 12.2. The molecule has 0 bridgehead atoms. The Hall–Kier alpha value is -1.43. The van der Waals surface area contributed by atoms with Crippen LogP contribution >= 0.6 is 11.6 Å². The van der Waals surface area contributed by atoms with Gasteiger partial charge in [0.25, 0.3) is 5.56 Å². The van der Waals surface area contributed by atoms with Gasteiger partial charge in [-0.1, -0.05) is 11.6 Å². The lowest BCUT2D eigenvalue weighted by atomic mass is 9.97. The first-order valence-corrected chi connectivity index (χ1v) is 8.08. The van der Waals surface area contributed by atoms with E-state index in [0.29, 0.717) is 10.7 Å². The molecule has 0 amide bonds. The van der Waals surface area contributed by atoms with Crippen molar-refractivity contribution in [1.29, 1.82) is 0 Å². The third-order valence-corrected chi connectivity index (χ3v) is 4.49. The minimum absolute atomic E-state index is 0.0763. The van der Waals surface area contributed by atoms with Crippen LogP contribution in [0.5, 0.6) is 0 Å². The number of piperidine rings is 1. The van der Waals surface area contributed by atoms with Gasteiger partial charge in [0, 0.05) is 18.8 Å². The molecular formula is C16H21ClN4O. The highest BCUT2D eigenvalue weighted by molar-refractivity contribution is 6.30. The Bertz CT molecular complexity index is 707. The van der Waals surface area contributed by atoms with Crippen LogP contribution < -0.4 is 10.9 Å². The fourth-order valence-corrected chi connectivity index (χ4v) is 3.23. The number of rotatable bonds is 4. The molecule has 6 heteroatoms. The maximum absolute atomic E-state index is 12.2. The zero-order valence-corrected chi connectivity index (χ0v) is 13.5. The lowest BCUT2D eigenvalue weighted by molar-refractivity contribution is 0.175. The van der Waals surface area contributed by atoms with Crippen LogP contribution in [0.3, 0.4) is 0 Å². The van der Waals surface area contributed by atoms with Crippen molar-refractivity contribution in [3.8, 4) is 0 Å². The minimum atomic E-state index is -0.0763. The summed E-state index contributed by atoms with van der Waals surface area (Å²) in [6.07, 6.45) is 4.01. The number of fused-ring (bicyclic) bond motifs is 1. The Morgan fingerprint density at radius 1 is 1.36 bits per heavy atom. The third kappa shape index (κ3) is 3.48. The molecule has 1 saturated heterocycles. The van der Waals surface area contributed by atoms with E-state index >= 15 is 0 Å². The lowest BCUT2D eigenvalue weighted by Gasteiger charge is -2.31. The second kappa shape index (κ2) is 6.77. The van der Waals surface area contributed by atoms with Crippen LogP contribution in [0, 0.1) is 5.92 Å². The van der Waals surface area contributed by atoms with Crippen molar-refractivity contribution in [3.63, 3.8) is 0 Å². The van der Waals surface area contributed by atoms with Crippen LogP contribution in [0.4, 0.5) is 0 Å². The van der Waals surface area contributed by atoms with Crippen LogP contribution in [-0.2, 0) is 6.54 Å². The van der Waals surface area contributed by atoms with Gasteiger partial charge in [0.05, 0.1) is 10.7 Å². The zero-order chi connectivity index (χ0) is 15.5. The van der Waals surface area contributed by atoms with Gasteiger partial charge < -0.3 is 5.32 Å². The fraction of sp³-hybridized carbons (Fsp3) is 0.500. The zero-order valence-electron chi connectivity index (χ0n) is 12.8. The van der Waals surface area contributed by atoms with Gasteiger partial charge in [-0.3, -0.25) is 14.1 Å². The van der Waals surface area contributed by atoms with Gasteiger partial charge in [0.2, 0.25) is 0 Å². The van der Waals surface area contributed by atoms with E-state index in [2.05, 4.69) is 15.2 Å². The van der Waals surface area contributed by atoms with Crippen molar-refractivity contribution in [2.75, 3.05) is 26.7 Å². The first kappa shape index (κ1) is 15.5. The Morgan fingerprint density at radius 2 is 2.14 bits per heavy atom. The summed E-state index contributed by atoms with van der Waals surface area (Å²) in [5.74, 6) is 0.763. The van der Waals surface area contributed by atoms with Crippen molar-refractivity contribution >= 4 is 17.2 Å². The van der Waals surface area contributed by atoms with Crippen LogP contribution in [-0.4, -0.2) is 41.0 Å². The molecule has 0 unspecified atom stereocenters. The van der Waals surface area contributed by atoms with Crippen LogP contribution in [0.2, 0.25) is 5.02 Å². The second-order valence-corrected chi connectivity index (χ2v) is 6.37. The van der Waals surface area contributed by atoms with E-state index in [1.807, 2.05) is 7.05 Å². The predicted molar refractivity (Wildman–Crippen MR) is 88.4 cm³/mol. The van der Waals surface area contributed by atoms with Crippen LogP contribution in [0.1, 0.15) is 18.5 Å². The van der Waals surface area contributed by atoms with E-state index in [0.717, 1.165) is 37.8 Å². The molecule has 0 radical (unpaired) electrons. The number of pyridine rings is 1. The quantitative estimate of drug-likeness (QED) is 0.933. The minimum Gasteiger partial charge on any atom is -0.319 e. The van der Waals surface area contributed by atoms with Crippen molar-refractivity contribution < 1.29 is 0 Å². The monoisotopic (exact) mass is 320 g/mol. The topological polar surface area (TPSA) is 49.6 Å². The average molecular weight is 321 g/mol. The Balaban J connectivity index is 1.72. The number of aromatic nitrogens is 2. The summed E-state index contributed by atoms with van der Waals surface area (Å²) in [4.78, 5) is 19.1. The van der Waals surface area contributed by atoms with Crippen molar-refractivity contribution in [2.24, 2.45) is 5.92 Å². The Kier molecular flexibility index (Phi) is 4.76. The molecule has 1 aliphatic rings. The summed E-state index contributed by atoms with van der Waals surface area (Å²) < 4.78 is 1.49. The van der Waals surface area contributed by atoms with E-state index in [1.54, 1.807) is 24.4 Å². The van der Waals surface area contributed by atoms with E-state index in [1.165, 1.54) is 17.2 Å². The third-order valence-electron chi connectivity index (χ3n) is 4.26. The first-order valence-electron chi connectivity index (χ1n) is 7.70. The fourth-order valence-electron chi connectivity index (χ4n) is 3.07. The number of hydrogen-bond donors (Lipinski definition) is 1. The van der Waals surface area contributed by atoms with Crippen LogP contribution in [0.25, 0.3) is 5.65 Å². The number of hydrogen-bond acceptors (Lipinski definition) is 4. The highest BCUT2D eigenvalue weighted by Crippen LogP contribution is 2.18. The molecule has 2 aromatic rings. The summed E-state index contributed by atoms with van der Waals surface area (Å²) >= 11 is 5.92. The molecule has 3 rings (SSSR count). The molecular weight excluding hydrogens is 300 g/mol. The van der Waals surface area contributed by atoms with Gasteiger partial charge in [0.1, 0.15) is 5.65 Å². The van der Waals surface area contributed by atoms with E-state index in [9.17, 15) is 4.79 Å². The molecule has 0 aliphatic carbocycles. The summed E-state index contributed by atoms with van der Waals surface area (Å²) in [6.45, 7) is 3.95. The number of nitrogens with one attached hydrogen (secondary N) is 1. The van der Waals surface area contributed by atoms with Crippen molar-refractivity contribution in [3.05, 3.63) is 45.5 Å². The van der Waals surface area contributed by atoms with Gasteiger partial charge in [0.15, 0.2) is 0 Å². The van der Waals surface area contributed by atoms with E-state index in [4.69, 9.17) is 11.6 Å². The lowest BCUT2D eigenvalue weighted by Crippen LogP contribution is -2.36. The molecule has 1 N–H and O–H groups in total. The number of nitrogens with zero attached hydrogens (tertiary/aromatic N) is 3. The van der Waals surface area contributed by atoms with E-state index in [-0.39, 0.29) is 5.56 Å². The van der Waals surface area contributed by atoms with Gasteiger partial charge >= 0.3 is 0 Å². The number of likely N-dealkylation sites (tertiary alicyclic amines) is 1. The maximum Gasteiger partial charge on any atom is 0.258 e. The number of halogens is 1. The SMILES string of the molecule is CNCC1CCN(Cc2cc(=O)n3cc(Cl)ccc3n2)CC1. The molecule has 118 valence electrons. The second-order valence-electron chi connectivity index (χ2n) is 5.94. The standard InChI is InChI=1S/C16H21ClN4O/c1-18-9-12-4-6-20(7-5-12)11-14-8-16(22)21-10-13(17)2-3-15(21)19-14/h2-3,8,10,12,18H,4-7,9,11H2,1H3.